The Morgan fingerprint density at radius 1 is 1.32 bits per heavy atom. The molecule has 19 heavy (non-hydrogen) atoms. The molecule has 0 amide bonds. The van der Waals surface area contributed by atoms with Crippen LogP contribution in [0.15, 0.2) is 45.9 Å². The smallest absolute Gasteiger partial charge is 0.297 e. The fourth-order valence-electron chi connectivity index (χ4n) is 1.55. The summed E-state index contributed by atoms with van der Waals surface area (Å²) in [5.41, 5.74) is 5.58. The van der Waals surface area contributed by atoms with Gasteiger partial charge in [-0.15, -0.1) is 0 Å². The quantitative estimate of drug-likeness (QED) is 0.927. The Hall–Kier alpha value is -1.86. The molecule has 0 fully saturated rings. The SMILES string of the molecule is CN(c1cccc(F)c1)S(=O)(=O)c1ccc(CN)o1. The lowest BCUT2D eigenvalue weighted by atomic mass is 10.3. The van der Waals surface area contributed by atoms with Crippen molar-refractivity contribution in [1.82, 2.24) is 0 Å². The summed E-state index contributed by atoms with van der Waals surface area (Å²) in [4.78, 5) is 0. The molecule has 1 aromatic heterocycles. The second kappa shape index (κ2) is 5.02. The van der Waals surface area contributed by atoms with Crippen molar-refractivity contribution in [2.45, 2.75) is 11.6 Å². The number of nitrogens with zero attached hydrogens (tertiary/aromatic N) is 1. The second-order valence-corrected chi connectivity index (χ2v) is 5.78. The van der Waals surface area contributed by atoms with Gasteiger partial charge in [0, 0.05) is 7.05 Å². The zero-order valence-corrected chi connectivity index (χ0v) is 11.0. The van der Waals surface area contributed by atoms with Crippen molar-refractivity contribution in [2.24, 2.45) is 5.73 Å². The average Bonchev–Trinajstić information content (AvgIpc) is 2.87. The summed E-state index contributed by atoms with van der Waals surface area (Å²) in [5, 5.41) is -0.222. The first-order valence-electron chi connectivity index (χ1n) is 5.48. The lowest BCUT2D eigenvalue weighted by molar-refractivity contribution is 0.415. The Morgan fingerprint density at radius 2 is 2.05 bits per heavy atom. The van der Waals surface area contributed by atoms with Gasteiger partial charge in [0.15, 0.2) is 0 Å². The molecular formula is C12H13FN2O3S. The van der Waals surface area contributed by atoms with Crippen molar-refractivity contribution in [2.75, 3.05) is 11.4 Å². The zero-order chi connectivity index (χ0) is 14.0. The molecule has 0 spiro atoms. The van der Waals surface area contributed by atoms with E-state index in [0.717, 1.165) is 10.4 Å². The predicted octanol–water partition coefficient (Wildman–Crippen LogP) is 1.70. The minimum atomic E-state index is -3.85. The van der Waals surface area contributed by atoms with Crippen LogP contribution in [-0.4, -0.2) is 15.5 Å². The number of sulfonamides is 1. The molecule has 0 aliphatic heterocycles. The van der Waals surface area contributed by atoms with Crippen LogP contribution in [0.5, 0.6) is 0 Å². The Labute approximate surface area is 110 Å². The lowest BCUT2D eigenvalue weighted by Crippen LogP contribution is -2.26. The molecule has 0 aliphatic carbocycles. The van der Waals surface area contributed by atoms with Crippen LogP contribution >= 0.6 is 0 Å². The zero-order valence-electron chi connectivity index (χ0n) is 10.2. The van der Waals surface area contributed by atoms with Gasteiger partial charge in [-0.25, -0.2) is 4.39 Å². The van der Waals surface area contributed by atoms with E-state index in [1.165, 1.54) is 37.4 Å². The van der Waals surface area contributed by atoms with Crippen molar-refractivity contribution in [3.8, 4) is 0 Å². The largest absolute Gasteiger partial charge is 0.446 e. The average molecular weight is 284 g/mol. The summed E-state index contributed by atoms with van der Waals surface area (Å²) in [5.74, 6) is -0.146. The van der Waals surface area contributed by atoms with Gasteiger partial charge < -0.3 is 10.2 Å². The van der Waals surface area contributed by atoms with Gasteiger partial charge in [0.05, 0.1) is 12.2 Å². The predicted molar refractivity (Wildman–Crippen MR) is 68.6 cm³/mol. The maximum Gasteiger partial charge on any atom is 0.297 e. The molecule has 0 saturated carbocycles. The second-order valence-electron chi connectivity index (χ2n) is 3.88. The molecule has 0 atom stereocenters. The first-order chi connectivity index (χ1) is 8.95. The molecule has 1 heterocycles. The number of halogens is 1. The molecule has 102 valence electrons. The van der Waals surface area contributed by atoms with Crippen molar-refractivity contribution < 1.29 is 17.2 Å². The van der Waals surface area contributed by atoms with Gasteiger partial charge in [-0.3, -0.25) is 4.31 Å². The van der Waals surface area contributed by atoms with E-state index in [4.69, 9.17) is 10.2 Å². The third-order valence-electron chi connectivity index (χ3n) is 2.62. The van der Waals surface area contributed by atoms with Gasteiger partial charge in [-0.2, -0.15) is 8.42 Å². The first-order valence-corrected chi connectivity index (χ1v) is 6.92. The summed E-state index contributed by atoms with van der Waals surface area (Å²) in [6, 6.07) is 8.12. The molecule has 0 saturated heterocycles. The van der Waals surface area contributed by atoms with Crippen LogP contribution < -0.4 is 10.0 Å². The number of rotatable bonds is 4. The number of furan rings is 1. The van der Waals surface area contributed by atoms with Crippen LogP contribution in [0.1, 0.15) is 5.76 Å². The highest BCUT2D eigenvalue weighted by Crippen LogP contribution is 2.23. The van der Waals surface area contributed by atoms with Gasteiger partial charge in [0.25, 0.3) is 10.0 Å². The van der Waals surface area contributed by atoms with Crippen LogP contribution in [0.3, 0.4) is 0 Å². The maximum atomic E-state index is 13.1. The van der Waals surface area contributed by atoms with Crippen molar-refractivity contribution >= 4 is 15.7 Å². The van der Waals surface area contributed by atoms with E-state index in [0.29, 0.717) is 5.76 Å². The van der Waals surface area contributed by atoms with Crippen LogP contribution in [-0.2, 0) is 16.6 Å². The van der Waals surface area contributed by atoms with Gasteiger partial charge in [-0.1, -0.05) is 6.07 Å². The van der Waals surface area contributed by atoms with Gasteiger partial charge >= 0.3 is 0 Å². The lowest BCUT2D eigenvalue weighted by Gasteiger charge is -2.17. The molecule has 0 unspecified atom stereocenters. The van der Waals surface area contributed by atoms with Crippen molar-refractivity contribution in [3.63, 3.8) is 0 Å². The van der Waals surface area contributed by atoms with Crippen LogP contribution in [0.25, 0.3) is 0 Å². The van der Waals surface area contributed by atoms with Crippen molar-refractivity contribution in [1.29, 1.82) is 0 Å². The van der Waals surface area contributed by atoms with E-state index >= 15 is 0 Å². The fraction of sp³-hybridized carbons (Fsp3) is 0.167. The highest BCUT2D eigenvalue weighted by atomic mass is 32.2. The molecule has 2 rings (SSSR count). The van der Waals surface area contributed by atoms with Gasteiger partial charge in [0.1, 0.15) is 11.6 Å². The van der Waals surface area contributed by atoms with Crippen LogP contribution in [0.4, 0.5) is 10.1 Å². The molecule has 2 aromatic rings. The minimum absolute atomic E-state index is 0.110. The molecule has 0 radical (unpaired) electrons. The molecule has 7 heteroatoms. The number of hydrogen-bond acceptors (Lipinski definition) is 4. The van der Waals surface area contributed by atoms with E-state index in [1.54, 1.807) is 0 Å². The third-order valence-corrected chi connectivity index (χ3v) is 4.28. The minimum Gasteiger partial charge on any atom is -0.446 e. The van der Waals surface area contributed by atoms with Crippen LogP contribution in [0.2, 0.25) is 0 Å². The van der Waals surface area contributed by atoms with E-state index < -0.39 is 15.8 Å². The molecule has 1 aromatic carbocycles. The normalized spacial score (nSPS) is 11.5. The number of hydrogen-bond donors (Lipinski definition) is 1. The molecule has 0 bridgehead atoms. The highest BCUT2D eigenvalue weighted by molar-refractivity contribution is 7.92. The highest BCUT2D eigenvalue weighted by Gasteiger charge is 2.25. The number of anilines is 1. The van der Waals surface area contributed by atoms with Gasteiger partial charge in [-0.05, 0) is 30.3 Å². The molecule has 0 aliphatic rings. The first kappa shape index (κ1) is 13.6. The summed E-state index contributed by atoms with van der Waals surface area (Å²) in [7, 11) is -2.53. The van der Waals surface area contributed by atoms with E-state index in [1.807, 2.05) is 0 Å². The molecule has 5 nitrogen and oxygen atoms in total. The summed E-state index contributed by atoms with van der Waals surface area (Å²) >= 11 is 0. The summed E-state index contributed by atoms with van der Waals surface area (Å²) in [6.45, 7) is 0.110. The standard InChI is InChI=1S/C12H13FN2O3S/c1-15(10-4-2-3-9(13)7-10)19(16,17)12-6-5-11(8-14)18-12/h2-7H,8,14H2,1H3. The maximum absolute atomic E-state index is 13.1. The van der Waals surface area contributed by atoms with Crippen molar-refractivity contribution in [3.05, 3.63) is 48.0 Å². The fourth-order valence-corrected chi connectivity index (χ4v) is 2.67. The Balaban J connectivity index is 2.39. The van der Waals surface area contributed by atoms with E-state index in [9.17, 15) is 12.8 Å². The Morgan fingerprint density at radius 3 is 2.63 bits per heavy atom. The topological polar surface area (TPSA) is 76.5 Å². The molecule has 2 N–H and O–H groups in total. The monoisotopic (exact) mass is 284 g/mol. The van der Waals surface area contributed by atoms with E-state index in [-0.39, 0.29) is 17.3 Å². The summed E-state index contributed by atoms with van der Waals surface area (Å²) in [6.07, 6.45) is 0. The Kier molecular flexibility index (Phi) is 3.59. The third kappa shape index (κ3) is 2.61. The van der Waals surface area contributed by atoms with E-state index in [2.05, 4.69) is 0 Å². The van der Waals surface area contributed by atoms with Crippen LogP contribution in [0, 0.1) is 5.82 Å². The van der Waals surface area contributed by atoms with Gasteiger partial charge in [0.2, 0.25) is 5.09 Å². The summed E-state index contributed by atoms with van der Waals surface area (Å²) < 4.78 is 43.7. The number of benzene rings is 1. The molecular weight excluding hydrogens is 271 g/mol. The Bertz CT molecular complexity index is 682. The number of nitrogens with two attached hydrogens (primary N) is 1.